The quantitative estimate of drug-likeness (QED) is 0.670. The number of nitrogens with one attached hydrogen (secondary N) is 2. The van der Waals surface area contributed by atoms with Gasteiger partial charge in [0.15, 0.2) is 0 Å². The highest BCUT2D eigenvalue weighted by atomic mass is 16.2. The van der Waals surface area contributed by atoms with E-state index in [9.17, 15) is 9.59 Å². The first-order chi connectivity index (χ1) is 8.90. The maximum Gasteiger partial charge on any atom is 0.240 e. The van der Waals surface area contributed by atoms with E-state index in [0.29, 0.717) is 6.42 Å². The first-order valence-corrected chi connectivity index (χ1v) is 7.18. The van der Waals surface area contributed by atoms with Gasteiger partial charge in [0, 0.05) is 12.0 Å². The third-order valence-electron chi connectivity index (χ3n) is 4.13. The molecular weight excluding hydrogens is 242 g/mol. The fraction of sp³-hybridized carbons (Fsp3) is 0.857. The monoisotopic (exact) mass is 269 g/mol. The smallest absolute Gasteiger partial charge is 0.240 e. The van der Waals surface area contributed by atoms with Gasteiger partial charge in [-0.3, -0.25) is 9.59 Å². The van der Waals surface area contributed by atoms with Gasteiger partial charge in [-0.2, -0.15) is 0 Å². The van der Waals surface area contributed by atoms with Crippen molar-refractivity contribution in [2.75, 3.05) is 7.05 Å². The lowest BCUT2D eigenvalue weighted by Crippen LogP contribution is -2.52. The van der Waals surface area contributed by atoms with Crippen LogP contribution in [-0.2, 0) is 9.59 Å². The molecule has 110 valence electrons. The Kier molecular flexibility index (Phi) is 5.79. The zero-order chi connectivity index (χ0) is 14.5. The summed E-state index contributed by atoms with van der Waals surface area (Å²) >= 11 is 0. The number of nitrogens with two attached hydrogens (primary N) is 1. The van der Waals surface area contributed by atoms with E-state index in [2.05, 4.69) is 10.6 Å². The zero-order valence-electron chi connectivity index (χ0n) is 12.3. The number of primary amides is 1. The van der Waals surface area contributed by atoms with Crippen molar-refractivity contribution in [1.82, 2.24) is 10.6 Å². The molecule has 0 heterocycles. The Hall–Kier alpha value is -1.10. The summed E-state index contributed by atoms with van der Waals surface area (Å²) in [6.07, 6.45) is 5.98. The third kappa shape index (κ3) is 4.49. The van der Waals surface area contributed by atoms with Crippen LogP contribution in [0.3, 0.4) is 0 Å². The predicted octanol–water partition coefficient (Wildman–Crippen LogP) is 0.925. The van der Waals surface area contributed by atoms with E-state index >= 15 is 0 Å². The zero-order valence-corrected chi connectivity index (χ0v) is 12.3. The standard InChI is InChI=1S/C14H27N3O2/c1-10(2)12(13(15)19)17-11(18)9-14(16-3)7-5-4-6-8-14/h10,12,16H,4-9H2,1-3H3,(H2,15,19)(H,17,18). The van der Waals surface area contributed by atoms with E-state index in [1.807, 2.05) is 20.9 Å². The van der Waals surface area contributed by atoms with Crippen molar-refractivity contribution in [3.05, 3.63) is 0 Å². The van der Waals surface area contributed by atoms with Crippen LogP contribution in [0.15, 0.2) is 0 Å². The minimum absolute atomic E-state index is 0.0124. The molecule has 1 rings (SSSR count). The number of carbonyl (C=O) groups is 2. The fourth-order valence-corrected chi connectivity index (χ4v) is 2.84. The Morgan fingerprint density at radius 1 is 1.21 bits per heavy atom. The second kappa shape index (κ2) is 6.89. The molecule has 1 saturated carbocycles. The van der Waals surface area contributed by atoms with Crippen LogP contribution in [0.5, 0.6) is 0 Å². The molecule has 0 bridgehead atoms. The summed E-state index contributed by atoms with van der Waals surface area (Å²) in [6.45, 7) is 3.76. The molecule has 1 atom stereocenters. The molecule has 5 nitrogen and oxygen atoms in total. The third-order valence-corrected chi connectivity index (χ3v) is 4.13. The second-order valence-corrected chi connectivity index (χ2v) is 5.96. The Morgan fingerprint density at radius 3 is 2.21 bits per heavy atom. The summed E-state index contributed by atoms with van der Waals surface area (Å²) in [5.74, 6) is -0.544. The van der Waals surface area contributed by atoms with Crippen LogP contribution >= 0.6 is 0 Å². The number of rotatable bonds is 6. The van der Waals surface area contributed by atoms with E-state index in [-0.39, 0.29) is 17.4 Å². The normalized spacial score (nSPS) is 20.0. The van der Waals surface area contributed by atoms with Gasteiger partial charge in [0.05, 0.1) is 0 Å². The van der Waals surface area contributed by atoms with Gasteiger partial charge in [0.1, 0.15) is 6.04 Å². The molecule has 2 amide bonds. The summed E-state index contributed by atoms with van der Waals surface area (Å²) in [4.78, 5) is 23.4. The second-order valence-electron chi connectivity index (χ2n) is 5.96. The number of hydrogen-bond acceptors (Lipinski definition) is 3. The van der Waals surface area contributed by atoms with Crippen molar-refractivity contribution in [1.29, 1.82) is 0 Å². The van der Waals surface area contributed by atoms with Crippen LogP contribution in [0.2, 0.25) is 0 Å². The SMILES string of the molecule is CNC1(CC(=O)NC(C(N)=O)C(C)C)CCCCC1. The molecule has 0 aromatic carbocycles. The molecule has 0 spiro atoms. The van der Waals surface area contributed by atoms with Crippen LogP contribution < -0.4 is 16.4 Å². The van der Waals surface area contributed by atoms with E-state index < -0.39 is 11.9 Å². The van der Waals surface area contributed by atoms with Crippen molar-refractivity contribution in [3.8, 4) is 0 Å². The molecule has 5 heteroatoms. The van der Waals surface area contributed by atoms with Gasteiger partial charge >= 0.3 is 0 Å². The minimum Gasteiger partial charge on any atom is -0.368 e. The highest BCUT2D eigenvalue weighted by molar-refractivity contribution is 5.87. The van der Waals surface area contributed by atoms with Crippen molar-refractivity contribution in [2.45, 2.75) is 64.0 Å². The van der Waals surface area contributed by atoms with E-state index in [1.54, 1.807) is 0 Å². The molecule has 0 saturated heterocycles. The fourth-order valence-electron chi connectivity index (χ4n) is 2.84. The van der Waals surface area contributed by atoms with E-state index in [1.165, 1.54) is 6.42 Å². The van der Waals surface area contributed by atoms with Gasteiger partial charge < -0.3 is 16.4 Å². The Bertz CT molecular complexity index is 323. The van der Waals surface area contributed by atoms with E-state index in [0.717, 1.165) is 25.7 Å². The summed E-state index contributed by atoms with van der Waals surface area (Å²) in [7, 11) is 1.91. The maximum absolute atomic E-state index is 12.1. The minimum atomic E-state index is -0.579. The highest BCUT2D eigenvalue weighted by Crippen LogP contribution is 2.30. The lowest BCUT2D eigenvalue weighted by Gasteiger charge is -2.37. The number of hydrogen-bond donors (Lipinski definition) is 3. The topological polar surface area (TPSA) is 84.2 Å². The molecular formula is C14H27N3O2. The summed E-state index contributed by atoms with van der Waals surface area (Å²) in [6, 6.07) is -0.579. The van der Waals surface area contributed by atoms with Gasteiger partial charge in [0.25, 0.3) is 0 Å². The van der Waals surface area contributed by atoms with Crippen LogP contribution in [0.4, 0.5) is 0 Å². The van der Waals surface area contributed by atoms with Gasteiger partial charge in [-0.15, -0.1) is 0 Å². The lowest BCUT2D eigenvalue weighted by atomic mass is 9.79. The molecule has 19 heavy (non-hydrogen) atoms. The van der Waals surface area contributed by atoms with Crippen molar-refractivity contribution in [3.63, 3.8) is 0 Å². The molecule has 1 fully saturated rings. The molecule has 0 radical (unpaired) electrons. The number of amides is 2. The predicted molar refractivity (Wildman–Crippen MR) is 75.5 cm³/mol. The molecule has 4 N–H and O–H groups in total. The Labute approximate surface area is 115 Å². The average molecular weight is 269 g/mol. The average Bonchev–Trinajstić information content (AvgIpc) is 2.36. The van der Waals surface area contributed by atoms with Crippen molar-refractivity contribution < 1.29 is 9.59 Å². The van der Waals surface area contributed by atoms with Gasteiger partial charge in [-0.1, -0.05) is 33.1 Å². The molecule has 0 aliphatic heterocycles. The lowest BCUT2D eigenvalue weighted by molar-refractivity contribution is -0.129. The first-order valence-electron chi connectivity index (χ1n) is 7.18. The summed E-state index contributed by atoms with van der Waals surface area (Å²) in [5.41, 5.74) is 5.21. The van der Waals surface area contributed by atoms with Gasteiger partial charge in [-0.25, -0.2) is 0 Å². The Balaban J connectivity index is 2.59. The largest absolute Gasteiger partial charge is 0.368 e. The van der Waals surface area contributed by atoms with Crippen molar-refractivity contribution >= 4 is 11.8 Å². The Morgan fingerprint density at radius 2 is 1.79 bits per heavy atom. The van der Waals surface area contributed by atoms with Gasteiger partial charge in [0.2, 0.25) is 11.8 Å². The number of carbonyl (C=O) groups excluding carboxylic acids is 2. The first kappa shape index (κ1) is 16.0. The molecule has 1 aliphatic carbocycles. The summed E-state index contributed by atoms with van der Waals surface area (Å²) in [5, 5.41) is 6.07. The van der Waals surface area contributed by atoms with Crippen LogP contribution in [0.25, 0.3) is 0 Å². The maximum atomic E-state index is 12.1. The molecule has 0 aromatic heterocycles. The van der Waals surface area contributed by atoms with Crippen LogP contribution in [-0.4, -0.2) is 30.4 Å². The highest BCUT2D eigenvalue weighted by Gasteiger charge is 2.33. The summed E-state index contributed by atoms with van der Waals surface area (Å²) < 4.78 is 0. The molecule has 0 aromatic rings. The van der Waals surface area contributed by atoms with E-state index in [4.69, 9.17) is 5.73 Å². The van der Waals surface area contributed by atoms with Crippen molar-refractivity contribution in [2.24, 2.45) is 11.7 Å². The molecule has 1 aliphatic rings. The van der Waals surface area contributed by atoms with Crippen LogP contribution in [0, 0.1) is 5.92 Å². The van der Waals surface area contributed by atoms with Gasteiger partial charge in [-0.05, 0) is 25.8 Å². The molecule has 1 unspecified atom stereocenters. The van der Waals surface area contributed by atoms with Crippen LogP contribution in [0.1, 0.15) is 52.4 Å².